The van der Waals surface area contributed by atoms with Crippen LogP contribution in [0.3, 0.4) is 0 Å². The zero-order chi connectivity index (χ0) is 11.0. The van der Waals surface area contributed by atoms with E-state index in [1.54, 1.807) is 0 Å². The molecule has 2 aromatic heterocycles. The maximum absolute atomic E-state index is 11.7. The van der Waals surface area contributed by atoms with Crippen LogP contribution in [0.25, 0.3) is 11.2 Å². The predicted octanol–water partition coefficient (Wildman–Crippen LogP) is 0.0315. The third kappa shape index (κ3) is 1.44. The number of H-pyrrole nitrogens is 2. The first-order chi connectivity index (χ1) is 7.84. The zero-order valence-electron chi connectivity index (χ0n) is 8.73. The van der Waals surface area contributed by atoms with E-state index in [1.165, 1.54) is 6.42 Å². The molecule has 1 aliphatic heterocycles. The molecular formula is C9H12N6O. The summed E-state index contributed by atoms with van der Waals surface area (Å²) in [6.07, 6.45) is 3.52. The highest BCUT2D eigenvalue weighted by atomic mass is 16.1. The molecule has 0 unspecified atom stereocenters. The van der Waals surface area contributed by atoms with Gasteiger partial charge in [-0.2, -0.15) is 10.2 Å². The first-order valence-corrected chi connectivity index (χ1v) is 5.40. The fourth-order valence-corrected chi connectivity index (χ4v) is 2.00. The van der Waals surface area contributed by atoms with Crippen LogP contribution in [0.15, 0.2) is 4.79 Å². The van der Waals surface area contributed by atoms with Crippen molar-refractivity contribution in [3.05, 3.63) is 10.4 Å². The molecular weight excluding hydrogens is 208 g/mol. The Kier molecular flexibility index (Phi) is 2.09. The molecule has 0 aliphatic carbocycles. The van der Waals surface area contributed by atoms with Crippen LogP contribution in [0.2, 0.25) is 0 Å². The number of hydrogen-bond donors (Lipinski definition) is 2. The van der Waals surface area contributed by atoms with E-state index in [1.807, 2.05) is 0 Å². The van der Waals surface area contributed by atoms with Gasteiger partial charge in [-0.05, 0) is 19.3 Å². The molecule has 7 heteroatoms. The van der Waals surface area contributed by atoms with E-state index >= 15 is 0 Å². The Morgan fingerprint density at radius 3 is 2.75 bits per heavy atom. The Balaban J connectivity index is 2.06. The Labute approximate surface area is 90.9 Å². The summed E-state index contributed by atoms with van der Waals surface area (Å²) >= 11 is 0. The van der Waals surface area contributed by atoms with Crippen LogP contribution in [0.5, 0.6) is 0 Å². The van der Waals surface area contributed by atoms with Gasteiger partial charge in [0.05, 0.1) is 0 Å². The van der Waals surface area contributed by atoms with E-state index in [4.69, 9.17) is 0 Å². The van der Waals surface area contributed by atoms with Crippen LogP contribution in [0.4, 0.5) is 5.95 Å². The molecule has 0 bridgehead atoms. The van der Waals surface area contributed by atoms with Crippen LogP contribution < -0.4 is 10.5 Å². The van der Waals surface area contributed by atoms with Gasteiger partial charge >= 0.3 is 0 Å². The molecule has 0 spiro atoms. The highest BCUT2D eigenvalue weighted by molar-refractivity contribution is 5.68. The van der Waals surface area contributed by atoms with Crippen LogP contribution in [-0.4, -0.2) is 38.5 Å². The molecule has 0 radical (unpaired) electrons. The lowest BCUT2D eigenvalue weighted by Gasteiger charge is -2.26. The van der Waals surface area contributed by atoms with Crippen molar-refractivity contribution in [3.8, 4) is 0 Å². The number of hydrogen-bond acceptors (Lipinski definition) is 5. The van der Waals surface area contributed by atoms with Gasteiger partial charge in [-0.1, -0.05) is 0 Å². The molecule has 2 aromatic rings. The molecule has 1 saturated heterocycles. The zero-order valence-corrected chi connectivity index (χ0v) is 8.73. The smallest absolute Gasteiger partial charge is 0.282 e. The van der Waals surface area contributed by atoms with E-state index in [-0.39, 0.29) is 11.1 Å². The van der Waals surface area contributed by atoms with Gasteiger partial charge in [-0.3, -0.25) is 9.78 Å². The molecule has 0 saturated carbocycles. The lowest BCUT2D eigenvalue weighted by Crippen LogP contribution is -2.32. The van der Waals surface area contributed by atoms with E-state index in [9.17, 15) is 4.79 Å². The monoisotopic (exact) mass is 220 g/mol. The lowest BCUT2D eigenvalue weighted by atomic mass is 10.1. The van der Waals surface area contributed by atoms with Crippen LogP contribution >= 0.6 is 0 Å². The second-order valence-corrected chi connectivity index (χ2v) is 3.93. The fraction of sp³-hybridized carbons (Fsp3) is 0.556. The molecule has 3 heterocycles. The van der Waals surface area contributed by atoms with Gasteiger partial charge in [0.25, 0.3) is 5.56 Å². The highest BCUT2D eigenvalue weighted by Gasteiger charge is 2.15. The number of nitrogens with zero attached hydrogens (tertiary/aromatic N) is 4. The number of anilines is 1. The standard InChI is InChI=1S/C9H12N6O/c16-8-6-7(13-14-12-6)10-9(11-8)15-4-2-1-3-5-15/h1-5H2,(H2,10,11,12,13,14,16). The molecule has 1 aliphatic rings. The average molecular weight is 220 g/mol. The molecule has 0 atom stereocenters. The number of aromatic nitrogens is 5. The molecule has 0 aromatic carbocycles. The summed E-state index contributed by atoms with van der Waals surface area (Å²) in [6.45, 7) is 1.87. The van der Waals surface area contributed by atoms with Crippen molar-refractivity contribution in [2.45, 2.75) is 19.3 Å². The largest absolute Gasteiger partial charge is 0.342 e. The maximum atomic E-state index is 11.7. The Morgan fingerprint density at radius 2 is 1.94 bits per heavy atom. The van der Waals surface area contributed by atoms with Gasteiger partial charge in [0, 0.05) is 13.1 Å². The summed E-state index contributed by atoms with van der Waals surface area (Å²) in [5, 5.41) is 9.99. The van der Waals surface area contributed by atoms with Crippen molar-refractivity contribution in [2.75, 3.05) is 18.0 Å². The molecule has 1 fully saturated rings. The van der Waals surface area contributed by atoms with Crippen molar-refractivity contribution in [2.24, 2.45) is 0 Å². The van der Waals surface area contributed by atoms with Crippen LogP contribution in [0, 0.1) is 0 Å². The second kappa shape index (κ2) is 3.58. The van der Waals surface area contributed by atoms with Crippen LogP contribution in [0.1, 0.15) is 19.3 Å². The maximum Gasteiger partial charge on any atom is 0.282 e. The van der Waals surface area contributed by atoms with Gasteiger partial charge in [-0.15, -0.1) is 10.2 Å². The Bertz CT molecular complexity index is 552. The summed E-state index contributed by atoms with van der Waals surface area (Å²) in [4.78, 5) is 20.8. The van der Waals surface area contributed by atoms with E-state index in [2.05, 4.69) is 30.3 Å². The molecule has 0 amide bonds. The van der Waals surface area contributed by atoms with Crippen molar-refractivity contribution in [1.29, 1.82) is 0 Å². The van der Waals surface area contributed by atoms with Crippen molar-refractivity contribution in [1.82, 2.24) is 25.4 Å². The topological polar surface area (TPSA) is 90.6 Å². The first kappa shape index (κ1) is 9.32. The van der Waals surface area contributed by atoms with Crippen LogP contribution in [-0.2, 0) is 0 Å². The normalized spacial score (nSPS) is 16.9. The van der Waals surface area contributed by atoms with Crippen molar-refractivity contribution in [3.63, 3.8) is 0 Å². The van der Waals surface area contributed by atoms with Gasteiger partial charge < -0.3 is 4.90 Å². The summed E-state index contributed by atoms with van der Waals surface area (Å²) < 4.78 is 0. The van der Waals surface area contributed by atoms with Gasteiger partial charge in [-0.25, -0.2) is 0 Å². The second-order valence-electron chi connectivity index (χ2n) is 3.93. The van der Waals surface area contributed by atoms with E-state index in [0.717, 1.165) is 25.9 Å². The van der Waals surface area contributed by atoms with Crippen molar-refractivity contribution >= 4 is 17.1 Å². The van der Waals surface area contributed by atoms with Crippen molar-refractivity contribution < 1.29 is 0 Å². The lowest BCUT2D eigenvalue weighted by molar-refractivity contribution is 0.568. The average Bonchev–Trinajstić information content (AvgIpc) is 2.79. The number of rotatable bonds is 1. The molecule has 2 N–H and O–H groups in total. The number of fused-ring (bicyclic) bond motifs is 1. The number of nitrogens with one attached hydrogen (secondary N) is 2. The fourth-order valence-electron chi connectivity index (χ4n) is 2.00. The minimum atomic E-state index is -0.237. The highest BCUT2D eigenvalue weighted by Crippen LogP contribution is 2.14. The SMILES string of the molecule is O=c1[nH]c(N2CCCCC2)nc2n[nH]nc12. The number of piperidine rings is 1. The quantitative estimate of drug-likeness (QED) is 0.707. The third-order valence-corrected chi connectivity index (χ3v) is 2.84. The minimum absolute atomic E-state index is 0.237. The van der Waals surface area contributed by atoms with E-state index < -0.39 is 0 Å². The minimum Gasteiger partial charge on any atom is -0.342 e. The van der Waals surface area contributed by atoms with Gasteiger partial charge in [0.2, 0.25) is 11.6 Å². The summed E-state index contributed by atoms with van der Waals surface area (Å²) in [7, 11) is 0. The molecule has 3 rings (SSSR count). The van der Waals surface area contributed by atoms with E-state index in [0.29, 0.717) is 11.6 Å². The summed E-state index contributed by atoms with van der Waals surface area (Å²) in [5.74, 6) is 0.603. The summed E-state index contributed by atoms with van der Waals surface area (Å²) in [5.41, 5.74) is 0.407. The molecule has 7 nitrogen and oxygen atoms in total. The predicted molar refractivity (Wildman–Crippen MR) is 58.4 cm³/mol. The molecule has 84 valence electrons. The van der Waals surface area contributed by atoms with Gasteiger partial charge in [0.15, 0.2) is 5.52 Å². The number of aromatic amines is 2. The Morgan fingerprint density at radius 1 is 1.12 bits per heavy atom. The first-order valence-electron chi connectivity index (χ1n) is 5.40. The Hall–Kier alpha value is -1.92. The van der Waals surface area contributed by atoms with Gasteiger partial charge in [0.1, 0.15) is 0 Å². The summed E-state index contributed by atoms with van der Waals surface area (Å²) in [6, 6.07) is 0. The third-order valence-electron chi connectivity index (χ3n) is 2.84. The molecule has 16 heavy (non-hydrogen) atoms.